The lowest BCUT2D eigenvalue weighted by molar-refractivity contribution is 0.139. The molecule has 4 nitrogen and oxygen atoms in total. The second-order valence-corrected chi connectivity index (χ2v) is 4.79. The Hall–Kier alpha value is -0.840. The van der Waals surface area contributed by atoms with Gasteiger partial charge >= 0.3 is 6.09 Å². The highest BCUT2D eigenvalue weighted by Gasteiger charge is 2.17. The number of alkyl halides is 1. The van der Waals surface area contributed by atoms with E-state index in [9.17, 15) is 9.18 Å². The number of unbranched alkanes of at least 4 members (excludes halogenated alkanes) is 1. The molecule has 0 aromatic rings. The number of nitrogens with zero attached hydrogens (tertiary/aromatic N) is 1. The van der Waals surface area contributed by atoms with Gasteiger partial charge in [0, 0.05) is 19.6 Å². The number of hydrogen-bond donors (Lipinski definition) is 1. The van der Waals surface area contributed by atoms with Crippen molar-refractivity contribution in [2.45, 2.75) is 45.2 Å². The van der Waals surface area contributed by atoms with E-state index in [0.29, 0.717) is 26.0 Å². The molecule has 1 N–H and O–H groups in total. The molecule has 0 saturated carbocycles. The number of alkyl carbamates (subject to hydrolysis) is 1. The van der Waals surface area contributed by atoms with Crippen molar-refractivity contribution in [1.82, 2.24) is 10.2 Å². The number of rotatable bonds is 7. The van der Waals surface area contributed by atoms with Gasteiger partial charge in [-0.2, -0.15) is 0 Å². The van der Waals surface area contributed by atoms with Crippen LogP contribution in [0.3, 0.4) is 0 Å². The van der Waals surface area contributed by atoms with Crippen LogP contribution in [0.2, 0.25) is 0 Å². The largest absolute Gasteiger partial charge is 0.450 e. The first kappa shape index (κ1) is 15.2. The van der Waals surface area contributed by atoms with Gasteiger partial charge in [-0.15, -0.1) is 0 Å². The molecule has 1 aliphatic heterocycles. The number of halogens is 1. The molecule has 1 saturated heterocycles. The number of likely N-dealkylation sites (tertiary alicyclic amines) is 1. The maximum atomic E-state index is 12.9. The molecule has 0 radical (unpaired) electrons. The molecule has 18 heavy (non-hydrogen) atoms. The van der Waals surface area contributed by atoms with Gasteiger partial charge in [-0.3, -0.25) is 0 Å². The van der Waals surface area contributed by atoms with Crippen LogP contribution in [0.25, 0.3) is 0 Å². The SMILES string of the molecule is CCCCOC(=O)NCCCN1CCC(F)CC1. The second kappa shape index (κ2) is 9.14. The van der Waals surface area contributed by atoms with E-state index < -0.39 is 6.17 Å². The highest BCUT2D eigenvalue weighted by molar-refractivity contribution is 5.66. The summed E-state index contributed by atoms with van der Waals surface area (Å²) in [6.07, 6.45) is 3.17. The molecule has 0 unspecified atom stereocenters. The molecule has 0 aromatic heterocycles. The summed E-state index contributed by atoms with van der Waals surface area (Å²) in [4.78, 5) is 13.5. The summed E-state index contributed by atoms with van der Waals surface area (Å²) >= 11 is 0. The quantitative estimate of drug-likeness (QED) is 0.714. The third kappa shape index (κ3) is 6.79. The van der Waals surface area contributed by atoms with Crippen molar-refractivity contribution in [3.8, 4) is 0 Å². The number of amides is 1. The van der Waals surface area contributed by atoms with E-state index in [1.807, 2.05) is 0 Å². The Morgan fingerprint density at radius 1 is 1.39 bits per heavy atom. The summed E-state index contributed by atoms with van der Waals surface area (Å²) in [5.74, 6) is 0. The second-order valence-electron chi connectivity index (χ2n) is 4.79. The average molecular weight is 260 g/mol. The van der Waals surface area contributed by atoms with Crippen molar-refractivity contribution in [2.24, 2.45) is 0 Å². The Bertz CT molecular complexity index is 231. The van der Waals surface area contributed by atoms with Gasteiger partial charge in [-0.25, -0.2) is 9.18 Å². The minimum Gasteiger partial charge on any atom is -0.450 e. The van der Waals surface area contributed by atoms with E-state index >= 15 is 0 Å². The van der Waals surface area contributed by atoms with Crippen molar-refractivity contribution in [2.75, 3.05) is 32.8 Å². The number of ether oxygens (including phenoxy) is 1. The van der Waals surface area contributed by atoms with Crippen molar-refractivity contribution in [3.05, 3.63) is 0 Å². The third-order valence-corrected chi connectivity index (χ3v) is 3.17. The standard InChI is InChI=1S/C13H25FN2O2/c1-2-3-11-18-13(17)15-7-4-8-16-9-5-12(14)6-10-16/h12H,2-11H2,1H3,(H,15,17). The topological polar surface area (TPSA) is 41.6 Å². The Morgan fingerprint density at radius 2 is 2.11 bits per heavy atom. The van der Waals surface area contributed by atoms with Crippen molar-refractivity contribution < 1.29 is 13.9 Å². The van der Waals surface area contributed by atoms with E-state index in [1.54, 1.807) is 0 Å². The third-order valence-electron chi connectivity index (χ3n) is 3.17. The van der Waals surface area contributed by atoms with Crippen LogP contribution in [0.4, 0.5) is 9.18 Å². The van der Waals surface area contributed by atoms with Gasteiger partial charge in [0.15, 0.2) is 0 Å². The van der Waals surface area contributed by atoms with Crippen LogP contribution >= 0.6 is 0 Å². The first-order valence-electron chi connectivity index (χ1n) is 6.99. The smallest absolute Gasteiger partial charge is 0.407 e. The minimum atomic E-state index is -0.618. The fourth-order valence-corrected chi connectivity index (χ4v) is 1.98. The first-order valence-corrected chi connectivity index (χ1v) is 6.99. The van der Waals surface area contributed by atoms with Gasteiger partial charge < -0.3 is 15.0 Å². The molecule has 106 valence electrons. The molecule has 1 rings (SSSR count). The average Bonchev–Trinajstić information content (AvgIpc) is 2.37. The predicted octanol–water partition coefficient (Wildman–Crippen LogP) is 2.34. The fourth-order valence-electron chi connectivity index (χ4n) is 1.98. The van der Waals surface area contributed by atoms with Gasteiger partial charge in [-0.1, -0.05) is 13.3 Å². The van der Waals surface area contributed by atoms with Gasteiger partial charge in [0.1, 0.15) is 6.17 Å². The van der Waals surface area contributed by atoms with Crippen LogP contribution in [0, 0.1) is 0 Å². The molecule has 1 heterocycles. The summed E-state index contributed by atoms with van der Waals surface area (Å²) in [5, 5.41) is 2.73. The summed E-state index contributed by atoms with van der Waals surface area (Å²) in [6, 6.07) is 0. The highest BCUT2D eigenvalue weighted by Crippen LogP contribution is 2.12. The Morgan fingerprint density at radius 3 is 2.78 bits per heavy atom. The Labute approximate surface area is 109 Å². The molecule has 0 bridgehead atoms. The molecule has 0 aliphatic carbocycles. The fraction of sp³-hybridized carbons (Fsp3) is 0.923. The summed E-state index contributed by atoms with van der Waals surface area (Å²) in [6.45, 7) is 5.76. The summed E-state index contributed by atoms with van der Waals surface area (Å²) in [5.41, 5.74) is 0. The maximum Gasteiger partial charge on any atom is 0.407 e. The molecular formula is C13H25FN2O2. The number of carbonyl (C=O) groups is 1. The zero-order valence-corrected chi connectivity index (χ0v) is 11.3. The number of carbonyl (C=O) groups excluding carboxylic acids is 1. The Balaban J connectivity index is 1.93. The van der Waals surface area contributed by atoms with Crippen LogP contribution in [0.15, 0.2) is 0 Å². The lowest BCUT2D eigenvalue weighted by Crippen LogP contribution is -2.36. The van der Waals surface area contributed by atoms with E-state index in [-0.39, 0.29) is 6.09 Å². The lowest BCUT2D eigenvalue weighted by Gasteiger charge is -2.28. The first-order chi connectivity index (χ1) is 8.72. The molecule has 1 aliphatic rings. The monoisotopic (exact) mass is 260 g/mol. The molecule has 0 aromatic carbocycles. The van der Waals surface area contributed by atoms with Crippen LogP contribution in [-0.2, 0) is 4.74 Å². The van der Waals surface area contributed by atoms with Crippen molar-refractivity contribution in [3.63, 3.8) is 0 Å². The molecule has 0 spiro atoms. The van der Waals surface area contributed by atoms with Crippen LogP contribution in [-0.4, -0.2) is 50.0 Å². The molecule has 0 atom stereocenters. The van der Waals surface area contributed by atoms with Gasteiger partial charge in [0.25, 0.3) is 0 Å². The number of piperidine rings is 1. The summed E-state index contributed by atoms with van der Waals surface area (Å²) in [7, 11) is 0. The van der Waals surface area contributed by atoms with Crippen molar-refractivity contribution in [1.29, 1.82) is 0 Å². The number of hydrogen-bond acceptors (Lipinski definition) is 3. The van der Waals surface area contributed by atoms with E-state index in [4.69, 9.17) is 4.74 Å². The molecule has 1 amide bonds. The lowest BCUT2D eigenvalue weighted by atomic mass is 10.1. The number of nitrogens with one attached hydrogen (secondary N) is 1. The Kier molecular flexibility index (Phi) is 7.73. The van der Waals surface area contributed by atoms with Gasteiger partial charge in [-0.05, 0) is 32.2 Å². The van der Waals surface area contributed by atoms with Crippen molar-refractivity contribution >= 4 is 6.09 Å². The van der Waals surface area contributed by atoms with E-state index in [1.165, 1.54) is 0 Å². The summed E-state index contributed by atoms with van der Waals surface area (Å²) < 4.78 is 17.9. The minimum absolute atomic E-state index is 0.328. The zero-order chi connectivity index (χ0) is 13.2. The van der Waals surface area contributed by atoms with Crippen LogP contribution < -0.4 is 5.32 Å². The highest BCUT2D eigenvalue weighted by atomic mass is 19.1. The zero-order valence-electron chi connectivity index (χ0n) is 11.3. The van der Waals surface area contributed by atoms with Crippen LogP contribution in [0.5, 0.6) is 0 Å². The molecule has 5 heteroatoms. The maximum absolute atomic E-state index is 12.9. The molecular weight excluding hydrogens is 235 g/mol. The van der Waals surface area contributed by atoms with E-state index in [2.05, 4.69) is 17.1 Å². The van der Waals surface area contributed by atoms with Crippen LogP contribution in [0.1, 0.15) is 39.0 Å². The predicted molar refractivity (Wildman–Crippen MR) is 69.4 cm³/mol. The van der Waals surface area contributed by atoms with E-state index in [0.717, 1.165) is 38.9 Å². The van der Waals surface area contributed by atoms with Gasteiger partial charge in [0.05, 0.1) is 6.61 Å². The van der Waals surface area contributed by atoms with Gasteiger partial charge in [0.2, 0.25) is 0 Å². The molecule has 1 fully saturated rings. The normalized spacial score (nSPS) is 17.7.